The highest BCUT2D eigenvalue weighted by Gasteiger charge is 2.33. The van der Waals surface area contributed by atoms with Crippen LogP contribution in [0.4, 0.5) is 13.2 Å². The molecule has 1 heterocycles. The van der Waals surface area contributed by atoms with Crippen molar-refractivity contribution in [1.29, 1.82) is 0 Å². The molecular formula is C18H14F3N3O2S. The summed E-state index contributed by atoms with van der Waals surface area (Å²) in [6.45, 7) is 0. The van der Waals surface area contributed by atoms with Gasteiger partial charge in [0.15, 0.2) is 5.17 Å². The number of amides is 1. The van der Waals surface area contributed by atoms with Crippen molar-refractivity contribution < 1.29 is 23.1 Å². The molecule has 1 amide bonds. The molecule has 3 rings (SSSR count). The summed E-state index contributed by atoms with van der Waals surface area (Å²) in [6.07, 6.45) is -2.94. The molecule has 0 unspecified atom stereocenters. The number of phenols is 1. The van der Waals surface area contributed by atoms with Crippen LogP contribution in [-0.4, -0.2) is 27.6 Å². The molecule has 1 aliphatic rings. The third-order valence-electron chi connectivity index (χ3n) is 3.73. The summed E-state index contributed by atoms with van der Waals surface area (Å²) < 4.78 is 38.4. The number of phenolic OH excluding ortho intramolecular Hbond substituents is 1. The lowest BCUT2D eigenvalue weighted by atomic mass is 10.1. The lowest BCUT2D eigenvalue weighted by Gasteiger charge is -2.10. The van der Waals surface area contributed by atoms with Crippen LogP contribution in [0.5, 0.6) is 5.75 Å². The zero-order chi connectivity index (χ0) is 19.4. The third-order valence-corrected chi connectivity index (χ3v) is 4.81. The fraction of sp³-hybridized carbons (Fsp3) is 0.167. The van der Waals surface area contributed by atoms with Crippen LogP contribution in [0.2, 0.25) is 0 Å². The van der Waals surface area contributed by atoms with Crippen LogP contribution in [0.1, 0.15) is 16.7 Å². The minimum Gasteiger partial charge on any atom is -0.507 e. The van der Waals surface area contributed by atoms with Crippen LogP contribution in [0.3, 0.4) is 0 Å². The molecule has 1 saturated heterocycles. The molecular weight excluding hydrogens is 379 g/mol. The number of hydrogen-bond acceptors (Lipinski definition) is 5. The summed E-state index contributed by atoms with van der Waals surface area (Å²) in [4.78, 5) is 12.0. The van der Waals surface area contributed by atoms with Gasteiger partial charge in [0.2, 0.25) is 5.91 Å². The summed E-state index contributed by atoms with van der Waals surface area (Å²) in [7, 11) is 0. The molecule has 140 valence electrons. The average molecular weight is 393 g/mol. The molecule has 27 heavy (non-hydrogen) atoms. The van der Waals surface area contributed by atoms with Crippen molar-refractivity contribution in [1.82, 2.24) is 5.32 Å². The maximum absolute atomic E-state index is 12.8. The van der Waals surface area contributed by atoms with Gasteiger partial charge in [0.05, 0.1) is 17.0 Å². The van der Waals surface area contributed by atoms with Gasteiger partial charge in [-0.25, -0.2) is 0 Å². The van der Waals surface area contributed by atoms with E-state index in [1.54, 1.807) is 24.3 Å². The fourth-order valence-electron chi connectivity index (χ4n) is 2.42. The maximum atomic E-state index is 12.8. The second-order valence-electron chi connectivity index (χ2n) is 5.71. The summed E-state index contributed by atoms with van der Waals surface area (Å²) in [5.74, 6) is -0.291. The van der Waals surface area contributed by atoms with Crippen molar-refractivity contribution >= 4 is 29.1 Å². The Kier molecular flexibility index (Phi) is 5.50. The predicted molar refractivity (Wildman–Crippen MR) is 97.8 cm³/mol. The summed E-state index contributed by atoms with van der Waals surface area (Å²) in [5.41, 5.74) is 0.137. The molecule has 5 nitrogen and oxygen atoms in total. The number of halogens is 3. The molecule has 0 bridgehead atoms. The number of carbonyl (C=O) groups is 1. The molecule has 0 saturated carbocycles. The Hall–Kier alpha value is -2.81. The second-order valence-corrected chi connectivity index (χ2v) is 6.90. The molecule has 2 aromatic rings. The minimum absolute atomic E-state index is 0.0481. The van der Waals surface area contributed by atoms with Crippen molar-refractivity contribution in [2.75, 3.05) is 0 Å². The number of hydrogen-bond donors (Lipinski definition) is 2. The van der Waals surface area contributed by atoms with Crippen molar-refractivity contribution in [3.63, 3.8) is 0 Å². The van der Waals surface area contributed by atoms with E-state index < -0.39 is 17.0 Å². The standard InChI is InChI=1S/C18H14F3N3O2S/c19-18(20,21)13-6-3-4-11(8-13)9-15-16(26)23-17(27-15)24-22-10-12-5-1-2-7-14(12)25/h1-8,10,15,25H,9H2,(H,23,24,26)/b22-10-/t15-/m1/s1. The number of benzene rings is 2. The van der Waals surface area contributed by atoms with Gasteiger partial charge < -0.3 is 10.4 Å². The summed E-state index contributed by atoms with van der Waals surface area (Å²) in [5, 5.41) is 19.6. The van der Waals surface area contributed by atoms with E-state index in [-0.39, 0.29) is 23.2 Å². The molecule has 2 aromatic carbocycles. The third kappa shape index (κ3) is 4.88. The highest BCUT2D eigenvalue weighted by Crippen LogP contribution is 2.31. The van der Waals surface area contributed by atoms with E-state index in [4.69, 9.17) is 0 Å². The SMILES string of the molecule is O=C1N/C(=N/N=C\c2ccccc2O)S[C@@H]1Cc1cccc(C(F)(F)F)c1. The first-order valence-corrected chi connectivity index (χ1v) is 8.73. The normalized spacial score (nSPS) is 19.0. The number of alkyl halides is 3. The van der Waals surface area contributed by atoms with Crippen LogP contribution in [0.15, 0.2) is 58.7 Å². The first-order chi connectivity index (χ1) is 12.8. The fourth-order valence-corrected chi connectivity index (χ4v) is 3.38. The second kappa shape index (κ2) is 7.83. The maximum Gasteiger partial charge on any atom is 0.416 e. The van der Waals surface area contributed by atoms with E-state index in [1.807, 2.05) is 0 Å². The molecule has 0 aromatic heterocycles. The Morgan fingerprint density at radius 2 is 1.96 bits per heavy atom. The van der Waals surface area contributed by atoms with Crippen molar-refractivity contribution in [2.45, 2.75) is 17.8 Å². The van der Waals surface area contributed by atoms with E-state index in [2.05, 4.69) is 15.5 Å². The van der Waals surface area contributed by atoms with Gasteiger partial charge in [-0.05, 0) is 30.2 Å². The van der Waals surface area contributed by atoms with Gasteiger partial charge >= 0.3 is 6.18 Å². The zero-order valence-corrected chi connectivity index (χ0v) is 14.6. The van der Waals surface area contributed by atoms with E-state index in [0.717, 1.165) is 23.9 Å². The quantitative estimate of drug-likeness (QED) is 0.616. The Bertz CT molecular complexity index is 913. The van der Waals surface area contributed by atoms with Gasteiger partial charge in [0.1, 0.15) is 5.75 Å². The summed E-state index contributed by atoms with van der Waals surface area (Å²) in [6, 6.07) is 11.5. The molecule has 2 N–H and O–H groups in total. The number of amidine groups is 1. The summed E-state index contributed by atoms with van der Waals surface area (Å²) >= 11 is 1.10. The zero-order valence-electron chi connectivity index (χ0n) is 13.8. The highest BCUT2D eigenvalue weighted by atomic mass is 32.2. The van der Waals surface area contributed by atoms with Crippen LogP contribution >= 0.6 is 11.8 Å². The Morgan fingerprint density at radius 1 is 1.19 bits per heavy atom. The van der Waals surface area contributed by atoms with Gasteiger partial charge in [0.25, 0.3) is 0 Å². The highest BCUT2D eigenvalue weighted by molar-refractivity contribution is 8.15. The Balaban J connectivity index is 1.66. The number of para-hydroxylation sites is 1. The van der Waals surface area contributed by atoms with Crippen molar-refractivity contribution in [2.24, 2.45) is 10.2 Å². The largest absolute Gasteiger partial charge is 0.507 e. The van der Waals surface area contributed by atoms with Crippen LogP contribution in [-0.2, 0) is 17.4 Å². The Labute approximate surface area is 157 Å². The lowest BCUT2D eigenvalue weighted by Crippen LogP contribution is -2.26. The van der Waals surface area contributed by atoms with Crippen LogP contribution in [0, 0.1) is 0 Å². The van der Waals surface area contributed by atoms with Gasteiger partial charge in [0, 0.05) is 5.56 Å². The lowest BCUT2D eigenvalue weighted by molar-refractivity contribution is -0.137. The van der Waals surface area contributed by atoms with Gasteiger partial charge in [-0.2, -0.15) is 18.3 Å². The molecule has 9 heteroatoms. The van der Waals surface area contributed by atoms with Gasteiger partial charge in [-0.15, -0.1) is 5.10 Å². The van der Waals surface area contributed by atoms with E-state index >= 15 is 0 Å². The number of thioether (sulfide) groups is 1. The van der Waals surface area contributed by atoms with Crippen LogP contribution < -0.4 is 5.32 Å². The van der Waals surface area contributed by atoms with Crippen LogP contribution in [0.25, 0.3) is 0 Å². The number of aromatic hydroxyl groups is 1. The monoisotopic (exact) mass is 393 g/mol. The average Bonchev–Trinajstić information content (AvgIpc) is 2.96. The smallest absolute Gasteiger partial charge is 0.416 e. The van der Waals surface area contributed by atoms with Gasteiger partial charge in [-0.1, -0.05) is 42.1 Å². The topological polar surface area (TPSA) is 74.0 Å². The van der Waals surface area contributed by atoms with Crippen molar-refractivity contribution in [3.8, 4) is 5.75 Å². The Morgan fingerprint density at radius 3 is 2.70 bits per heavy atom. The molecule has 0 spiro atoms. The van der Waals surface area contributed by atoms with E-state index in [1.165, 1.54) is 18.3 Å². The number of rotatable bonds is 4. The first kappa shape index (κ1) is 19.0. The molecule has 0 aliphatic carbocycles. The number of nitrogens with zero attached hydrogens (tertiary/aromatic N) is 2. The number of nitrogens with one attached hydrogen (secondary N) is 1. The minimum atomic E-state index is -4.43. The number of carbonyl (C=O) groups excluding carboxylic acids is 1. The van der Waals surface area contributed by atoms with E-state index in [9.17, 15) is 23.1 Å². The molecule has 1 fully saturated rings. The molecule has 0 radical (unpaired) electrons. The predicted octanol–water partition coefficient (Wildman–Crippen LogP) is 3.58. The van der Waals surface area contributed by atoms with E-state index in [0.29, 0.717) is 11.1 Å². The molecule has 1 aliphatic heterocycles. The molecule has 1 atom stereocenters. The van der Waals surface area contributed by atoms with Crippen molar-refractivity contribution in [3.05, 3.63) is 65.2 Å². The van der Waals surface area contributed by atoms with Gasteiger partial charge in [-0.3, -0.25) is 4.79 Å². The first-order valence-electron chi connectivity index (χ1n) is 7.85.